The topological polar surface area (TPSA) is 53.6 Å². The summed E-state index contributed by atoms with van der Waals surface area (Å²) in [5, 5.41) is 5.99. The zero-order valence-electron chi connectivity index (χ0n) is 11.5. The number of rotatable bonds is 4. The first-order valence-corrected chi connectivity index (χ1v) is 6.54. The molecule has 1 unspecified atom stereocenters. The molecule has 1 heterocycles. The van der Waals surface area contributed by atoms with Gasteiger partial charge in [-0.2, -0.15) is 0 Å². The van der Waals surface area contributed by atoms with Crippen LogP contribution in [0.2, 0.25) is 0 Å². The molecule has 1 fully saturated rings. The van der Waals surface area contributed by atoms with Gasteiger partial charge in [0.2, 0.25) is 5.91 Å². The summed E-state index contributed by atoms with van der Waals surface area (Å²) >= 11 is 0. The van der Waals surface area contributed by atoms with Crippen molar-refractivity contribution in [2.24, 2.45) is 0 Å². The van der Waals surface area contributed by atoms with Crippen molar-refractivity contribution in [1.29, 1.82) is 0 Å². The molecule has 1 saturated heterocycles. The minimum absolute atomic E-state index is 0.0649. The molecular weight excluding hydrogens is 242 g/mol. The maximum absolute atomic E-state index is 11.9. The van der Waals surface area contributed by atoms with E-state index in [0.29, 0.717) is 6.54 Å². The maximum atomic E-state index is 11.9. The van der Waals surface area contributed by atoms with E-state index in [9.17, 15) is 4.79 Å². The Morgan fingerprint density at radius 1 is 1.58 bits per heavy atom. The Labute approximate surface area is 113 Å². The molecule has 0 spiro atoms. The van der Waals surface area contributed by atoms with Crippen molar-refractivity contribution in [1.82, 2.24) is 15.5 Å². The first-order chi connectivity index (χ1) is 9.24. The maximum Gasteiger partial charge on any atom is 0.238 e. The second kappa shape index (κ2) is 6.54. The van der Waals surface area contributed by atoms with E-state index in [-0.39, 0.29) is 11.9 Å². The van der Waals surface area contributed by atoms with Crippen molar-refractivity contribution in [3.8, 4) is 5.75 Å². The van der Waals surface area contributed by atoms with E-state index in [2.05, 4.69) is 21.6 Å². The summed E-state index contributed by atoms with van der Waals surface area (Å²) in [5.41, 5.74) is 1.16. The van der Waals surface area contributed by atoms with E-state index in [1.807, 2.05) is 18.2 Å². The molecule has 0 aliphatic carbocycles. The lowest BCUT2D eigenvalue weighted by Crippen LogP contribution is -2.56. The van der Waals surface area contributed by atoms with Crippen LogP contribution in [0.4, 0.5) is 0 Å². The van der Waals surface area contributed by atoms with E-state index in [4.69, 9.17) is 4.74 Å². The summed E-state index contributed by atoms with van der Waals surface area (Å²) in [4.78, 5) is 14.1. The van der Waals surface area contributed by atoms with Gasteiger partial charge < -0.3 is 15.4 Å². The molecule has 1 aromatic carbocycles. The molecule has 1 aliphatic rings. The van der Waals surface area contributed by atoms with Crippen LogP contribution in [0.3, 0.4) is 0 Å². The molecule has 0 saturated carbocycles. The molecule has 0 aromatic heterocycles. The molecule has 5 nitrogen and oxygen atoms in total. The van der Waals surface area contributed by atoms with Crippen LogP contribution in [0, 0.1) is 0 Å². The average Bonchev–Trinajstić information content (AvgIpc) is 2.47. The number of piperazine rings is 1. The van der Waals surface area contributed by atoms with Crippen LogP contribution in [0.1, 0.15) is 5.56 Å². The number of nitrogens with one attached hydrogen (secondary N) is 2. The Bertz CT molecular complexity index is 436. The van der Waals surface area contributed by atoms with E-state index in [1.165, 1.54) is 0 Å². The summed E-state index contributed by atoms with van der Waals surface area (Å²) in [6.07, 6.45) is 0. The van der Waals surface area contributed by atoms with Crippen LogP contribution in [0.15, 0.2) is 24.3 Å². The number of nitrogens with zero attached hydrogens (tertiary/aromatic N) is 1. The number of hydrogen-bond acceptors (Lipinski definition) is 4. The Morgan fingerprint density at radius 2 is 2.42 bits per heavy atom. The smallest absolute Gasteiger partial charge is 0.238 e. The number of methoxy groups -OCH3 is 1. The van der Waals surface area contributed by atoms with Crippen LogP contribution in [-0.2, 0) is 11.3 Å². The molecule has 2 rings (SSSR count). The van der Waals surface area contributed by atoms with Gasteiger partial charge in [-0.15, -0.1) is 0 Å². The highest BCUT2D eigenvalue weighted by atomic mass is 16.5. The van der Waals surface area contributed by atoms with Gasteiger partial charge in [-0.25, -0.2) is 0 Å². The molecule has 0 radical (unpaired) electrons. The van der Waals surface area contributed by atoms with Crippen LogP contribution in [0.25, 0.3) is 0 Å². The minimum atomic E-state index is -0.107. The lowest BCUT2D eigenvalue weighted by atomic mass is 10.1. The fraction of sp³-hybridized carbons (Fsp3) is 0.500. The molecule has 2 N–H and O–H groups in total. The van der Waals surface area contributed by atoms with Gasteiger partial charge in [0.05, 0.1) is 7.11 Å². The monoisotopic (exact) mass is 263 g/mol. The van der Waals surface area contributed by atoms with Gasteiger partial charge in [0.15, 0.2) is 0 Å². The zero-order valence-corrected chi connectivity index (χ0v) is 11.5. The van der Waals surface area contributed by atoms with Crippen molar-refractivity contribution in [3.63, 3.8) is 0 Å². The minimum Gasteiger partial charge on any atom is -0.497 e. The molecule has 1 atom stereocenters. The van der Waals surface area contributed by atoms with E-state index >= 15 is 0 Å². The molecule has 1 aromatic rings. The van der Waals surface area contributed by atoms with Gasteiger partial charge in [-0.3, -0.25) is 9.69 Å². The van der Waals surface area contributed by atoms with Crippen LogP contribution in [-0.4, -0.2) is 50.6 Å². The number of hydrogen-bond donors (Lipinski definition) is 2. The van der Waals surface area contributed by atoms with E-state index < -0.39 is 0 Å². The highest BCUT2D eigenvalue weighted by molar-refractivity contribution is 5.81. The lowest BCUT2D eigenvalue weighted by molar-refractivity contribution is -0.126. The molecule has 19 heavy (non-hydrogen) atoms. The normalized spacial score (nSPS) is 20.0. The van der Waals surface area contributed by atoms with Crippen LogP contribution >= 0.6 is 0 Å². The highest BCUT2D eigenvalue weighted by Crippen LogP contribution is 2.16. The molecule has 1 aliphatic heterocycles. The summed E-state index contributed by atoms with van der Waals surface area (Å²) in [7, 11) is 3.35. The third-order valence-electron chi connectivity index (χ3n) is 3.42. The summed E-state index contributed by atoms with van der Waals surface area (Å²) in [5.74, 6) is 0.916. The van der Waals surface area contributed by atoms with Crippen molar-refractivity contribution < 1.29 is 9.53 Å². The number of benzene rings is 1. The van der Waals surface area contributed by atoms with Crippen molar-refractivity contribution >= 4 is 5.91 Å². The second-order valence-corrected chi connectivity index (χ2v) is 4.66. The van der Waals surface area contributed by atoms with E-state index in [0.717, 1.165) is 30.9 Å². The van der Waals surface area contributed by atoms with Crippen molar-refractivity contribution in [2.75, 3.05) is 33.8 Å². The zero-order chi connectivity index (χ0) is 13.7. The Morgan fingerprint density at radius 3 is 3.16 bits per heavy atom. The van der Waals surface area contributed by atoms with Gasteiger partial charge in [-0.1, -0.05) is 12.1 Å². The molecule has 104 valence electrons. The second-order valence-electron chi connectivity index (χ2n) is 4.66. The largest absolute Gasteiger partial charge is 0.497 e. The van der Waals surface area contributed by atoms with Crippen LogP contribution in [0.5, 0.6) is 5.75 Å². The first kappa shape index (κ1) is 13.8. The lowest BCUT2D eigenvalue weighted by Gasteiger charge is -2.34. The predicted molar refractivity (Wildman–Crippen MR) is 74.1 cm³/mol. The Kier molecular flexibility index (Phi) is 4.76. The average molecular weight is 263 g/mol. The Balaban J connectivity index is 2.08. The fourth-order valence-electron chi connectivity index (χ4n) is 2.37. The standard InChI is InChI=1S/C14H21N3O2/c1-15-14(18)13-9-16-6-7-17(13)10-11-4-3-5-12(8-11)19-2/h3-5,8,13,16H,6-7,9-10H2,1-2H3,(H,15,18). The summed E-state index contributed by atoms with van der Waals surface area (Å²) < 4.78 is 5.23. The Hall–Kier alpha value is -1.59. The third-order valence-corrected chi connectivity index (χ3v) is 3.42. The number of amides is 1. The number of likely N-dealkylation sites (N-methyl/N-ethyl adjacent to an activating group) is 1. The molecule has 0 bridgehead atoms. The summed E-state index contributed by atoms with van der Waals surface area (Å²) in [6.45, 7) is 3.24. The van der Waals surface area contributed by atoms with Gasteiger partial charge in [0, 0.05) is 33.2 Å². The van der Waals surface area contributed by atoms with Gasteiger partial charge in [0.1, 0.15) is 11.8 Å². The number of carbonyl (C=O) groups is 1. The third kappa shape index (κ3) is 3.45. The first-order valence-electron chi connectivity index (χ1n) is 6.54. The molecule has 1 amide bonds. The van der Waals surface area contributed by atoms with Gasteiger partial charge in [0.25, 0.3) is 0 Å². The summed E-state index contributed by atoms with van der Waals surface area (Å²) in [6, 6.07) is 7.88. The van der Waals surface area contributed by atoms with Gasteiger partial charge in [-0.05, 0) is 17.7 Å². The highest BCUT2D eigenvalue weighted by Gasteiger charge is 2.27. The number of ether oxygens (including phenoxy) is 1. The molecule has 5 heteroatoms. The SMILES string of the molecule is CNC(=O)C1CNCCN1Cc1cccc(OC)c1. The number of carbonyl (C=O) groups excluding carboxylic acids is 1. The predicted octanol–water partition coefficient (Wildman–Crippen LogP) is 0.215. The fourth-order valence-corrected chi connectivity index (χ4v) is 2.37. The van der Waals surface area contributed by atoms with Gasteiger partial charge >= 0.3 is 0 Å². The molecular formula is C14H21N3O2. The van der Waals surface area contributed by atoms with E-state index in [1.54, 1.807) is 14.2 Å². The van der Waals surface area contributed by atoms with Crippen LogP contribution < -0.4 is 15.4 Å². The quantitative estimate of drug-likeness (QED) is 0.816. The van der Waals surface area contributed by atoms with Crippen molar-refractivity contribution in [3.05, 3.63) is 29.8 Å². The van der Waals surface area contributed by atoms with Crippen molar-refractivity contribution in [2.45, 2.75) is 12.6 Å².